The smallest absolute Gasteiger partial charge is 0.348 e. The van der Waals surface area contributed by atoms with E-state index in [-0.39, 0.29) is 0 Å². The molecule has 0 heterocycles. The van der Waals surface area contributed by atoms with E-state index in [0.29, 0.717) is 17.7 Å². The number of carbonyl (C=O) groups is 2. The lowest BCUT2D eigenvalue weighted by Gasteiger charge is -2.27. The molecule has 0 aliphatic rings. The first kappa shape index (κ1) is 20.3. The number of nitrogens with one attached hydrogen (secondary N) is 1. The minimum atomic E-state index is -2.00. The summed E-state index contributed by atoms with van der Waals surface area (Å²) in [7, 11) is 0. The lowest BCUT2D eigenvalue weighted by molar-refractivity contribution is -0.164. The van der Waals surface area contributed by atoms with Crippen LogP contribution in [0.4, 0.5) is 0 Å². The van der Waals surface area contributed by atoms with Gasteiger partial charge >= 0.3 is 5.97 Å². The third kappa shape index (κ3) is 4.70. The zero-order valence-corrected chi connectivity index (χ0v) is 16.2. The Kier molecular flexibility index (Phi) is 6.42. The third-order valence-electron chi connectivity index (χ3n) is 4.75. The first-order chi connectivity index (χ1) is 14.0. The predicted octanol–water partition coefficient (Wildman–Crippen LogP) is 3.09. The molecule has 5 nitrogen and oxygen atoms in total. The number of ether oxygens (including phenoxy) is 1. The molecule has 0 saturated carbocycles. The molecule has 3 aromatic carbocycles. The zero-order chi connectivity index (χ0) is 20.7. The molecule has 0 spiro atoms. The van der Waals surface area contributed by atoms with E-state index in [1.807, 2.05) is 31.2 Å². The molecule has 0 atom stereocenters. The summed E-state index contributed by atoms with van der Waals surface area (Å²) < 4.78 is 5.20. The molecule has 0 radical (unpaired) electrons. The van der Waals surface area contributed by atoms with Gasteiger partial charge in [0.1, 0.15) is 0 Å². The normalized spacial score (nSPS) is 11.0. The van der Waals surface area contributed by atoms with Gasteiger partial charge in [0.05, 0.1) is 0 Å². The van der Waals surface area contributed by atoms with Crippen LogP contribution in [0, 0.1) is 6.92 Å². The number of rotatable bonds is 7. The van der Waals surface area contributed by atoms with E-state index < -0.39 is 24.1 Å². The van der Waals surface area contributed by atoms with E-state index in [9.17, 15) is 14.7 Å². The summed E-state index contributed by atoms with van der Waals surface area (Å²) in [6.45, 7) is 1.82. The number of aryl methyl sites for hydroxylation is 1. The van der Waals surface area contributed by atoms with Crippen molar-refractivity contribution in [3.05, 3.63) is 107 Å². The van der Waals surface area contributed by atoms with E-state index >= 15 is 0 Å². The van der Waals surface area contributed by atoms with Crippen LogP contribution in [0.15, 0.2) is 84.9 Å². The van der Waals surface area contributed by atoms with Gasteiger partial charge in [-0.2, -0.15) is 0 Å². The molecular formula is C24H23NO4. The van der Waals surface area contributed by atoms with Crippen LogP contribution >= 0.6 is 0 Å². The monoisotopic (exact) mass is 389 g/mol. The van der Waals surface area contributed by atoms with E-state index in [1.165, 1.54) is 0 Å². The maximum absolute atomic E-state index is 12.8. The Morgan fingerprint density at radius 2 is 1.38 bits per heavy atom. The molecule has 5 heteroatoms. The van der Waals surface area contributed by atoms with E-state index in [0.717, 1.165) is 11.1 Å². The SMILES string of the molecule is Cc1ccccc1CNC(=O)COC(=O)C(O)(c1ccccc1)c1ccccc1. The van der Waals surface area contributed by atoms with Gasteiger partial charge in [0.15, 0.2) is 6.61 Å². The molecule has 0 aromatic heterocycles. The fraction of sp³-hybridized carbons (Fsp3) is 0.167. The molecule has 0 unspecified atom stereocenters. The lowest BCUT2D eigenvalue weighted by Crippen LogP contribution is -2.40. The molecule has 0 aliphatic heterocycles. The van der Waals surface area contributed by atoms with Gasteiger partial charge in [-0.15, -0.1) is 0 Å². The standard InChI is InChI=1S/C24H23NO4/c1-18-10-8-9-11-19(18)16-25-22(26)17-29-23(27)24(28,20-12-4-2-5-13-20)21-14-6-3-7-15-21/h2-15,28H,16-17H2,1H3,(H,25,26). The van der Waals surface area contributed by atoms with Crippen LogP contribution < -0.4 is 5.32 Å². The topological polar surface area (TPSA) is 75.6 Å². The van der Waals surface area contributed by atoms with Crippen LogP contribution in [0.3, 0.4) is 0 Å². The third-order valence-corrected chi connectivity index (χ3v) is 4.75. The molecular weight excluding hydrogens is 366 g/mol. The highest BCUT2D eigenvalue weighted by Crippen LogP contribution is 2.30. The first-order valence-corrected chi connectivity index (χ1v) is 9.33. The summed E-state index contributed by atoms with van der Waals surface area (Å²) in [5, 5.41) is 14.0. The molecule has 2 N–H and O–H groups in total. The van der Waals surface area contributed by atoms with Crippen LogP contribution in [0.2, 0.25) is 0 Å². The van der Waals surface area contributed by atoms with Gasteiger partial charge in [-0.1, -0.05) is 84.9 Å². The van der Waals surface area contributed by atoms with Crippen LogP contribution in [0.25, 0.3) is 0 Å². The molecule has 1 amide bonds. The fourth-order valence-corrected chi connectivity index (χ4v) is 3.05. The van der Waals surface area contributed by atoms with E-state index in [1.54, 1.807) is 60.7 Å². The second kappa shape index (κ2) is 9.17. The highest BCUT2D eigenvalue weighted by molar-refractivity contribution is 5.88. The number of aliphatic hydroxyl groups is 1. The number of benzene rings is 3. The van der Waals surface area contributed by atoms with Crippen molar-refractivity contribution in [3.63, 3.8) is 0 Å². The second-order valence-corrected chi connectivity index (χ2v) is 6.72. The summed E-state index contributed by atoms with van der Waals surface area (Å²) in [6.07, 6.45) is 0. The molecule has 3 aromatic rings. The van der Waals surface area contributed by atoms with Gasteiger partial charge in [-0.3, -0.25) is 4.79 Å². The number of esters is 1. The Labute approximate surface area is 170 Å². The van der Waals surface area contributed by atoms with Crippen molar-refractivity contribution in [1.82, 2.24) is 5.32 Å². The molecule has 0 bridgehead atoms. The van der Waals surface area contributed by atoms with Gasteiger partial charge in [0.2, 0.25) is 5.60 Å². The minimum Gasteiger partial charge on any atom is -0.453 e. The van der Waals surface area contributed by atoms with Crippen molar-refractivity contribution < 1.29 is 19.4 Å². The second-order valence-electron chi connectivity index (χ2n) is 6.72. The van der Waals surface area contributed by atoms with Crippen molar-refractivity contribution in [2.75, 3.05) is 6.61 Å². The van der Waals surface area contributed by atoms with Crippen molar-refractivity contribution in [1.29, 1.82) is 0 Å². The van der Waals surface area contributed by atoms with Crippen LogP contribution in [0.5, 0.6) is 0 Å². The summed E-state index contributed by atoms with van der Waals surface area (Å²) >= 11 is 0. The van der Waals surface area contributed by atoms with Crippen molar-refractivity contribution >= 4 is 11.9 Å². The molecule has 29 heavy (non-hydrogen) atoms. The van der Waals surface area contributed by atoms with Crippen molar-refractivity contribution in [3.8, 4) is 0 Å². The Bertz CT molecular complexity index is 931. The van der Waals surface area contributed by atoms with E-state index in [4.69, 9.17) is 4.74 Å². The average molecular weight is 389 g/mol. The predicted molar refractivity (Wildman–Crippen MR) is 110 cm³/mol. The largest absolute Gasteiger partial charge is 0.453 e. The first-order valence-electron chi connectivity index (χ1n) is 9.33. The summed E-state index contributed by atoms with van der Waals surface area (Å²) in [5.74, 6) is -1.34. The van der Waals surface area contributed by atoms with Crippen molar-refractivity contribution in [2.24, 2.45) is 0 Å². The van der Waals surface area contributed by atoms with Gasteiger partial charge in [0.25, 0.3) is 5.91 Å². The van der Waals surface area contributed by atoms with Gasteiger partial charge in [-0.05, 0) is 29.2 Å². The quantitative estimate of drug-likeness (QED) is 0.609. The number of hydrogen-bond acceptors (Lipinski definition) is 4. The molecule has 0 saturated heterocycles. The Hall–Kier alpha value is -3.44. The lowest BCUT2D eigenvalue weighted by atomic mass is 9.86. The zero-order valence-electron chi connectivity index (χ0n) is 16.2. The fourth-order valence-electron chi connectivity index (χ4n) is 3.05. The minimum absolute atomic E-state index is 0.338. The summed E-state index contributed by atoms with van der Waals surface area (Å²) in [6, 6.07) is 24.8. The van der Waals surface area contributed by atoms with Crippen LogP contribution in [-0.2, 0) is 26.5 Å². The van der Waals surface area contributed by atoms with E-state index in [2.05, 4.69) is 5.32 Å². The van der Waals surface area contributed by atoms with Gasteiger partial charge in [0, 0.05) is 6.54 Å². The maximum atomic E-state index is 12.8. The molecule has 0 aliphatic carbocycles. The molecule has 148 valence electrons. The number of amides is 1. The summed E-state index contributed by atoms with van der Waals surface area (Å²) in [4.78, 5) is 25.0. The van der Waals surface area contributed by atoms with Gasteiger partial charge < -0.3 is 15.2 Å². The maximum Gasteiger partial charge on any atom is 0.348 e. The Balaban J connectivity index is 1.69. The average Bonchev–Trinajstić information content (AvgIpc) is 2.77. The summed E-state index contributed by atoms with van der Waals surface area (Å²) in [5.41, 5.74) is 0.788. The van der Waals surface area contributed by atoms with Crippen LogP contribution in [-0.4, -0.2) is 23.6 Å². The Morgan fingerprint density at radius 1 is 0.862 bits per heavy atom. The van der Waals surface area contributed by atoms with Crippen LogP contribution in [0.1, 0.15) is 22.3 Å². The Morgan fingerprint density at radius 3 is 1.93 bits per heavy atom. The highest BCUT2D eigenvalue weighted by atomic mass is 16.6. The number of carbonyl (C=O) groups excluding carboxylic acids is 2. The molecule has 3 rings (SSSR count). The molecule has 0 fully saturated rings. The van der Waals surface area contributed by atoms with Gasteiger partial charge in [-0.25, -0.2) is 4.79 Å². The highest BCUT2D eigenvalue weighted by Gasteiger charge is 2.41. The van der Waals surface area contributed by atoms with Crippen molar-refractivity contribution in [2.45, 2.75) is 19.1 Å². The number of hydrogen-bond donors (Lipinski definition) is 2.